The molecule has 0 radical (unpaired) electrons. The van der Waals surface area contributed by atoms with Crippen LogP contribution in [0.5, 0.6) is 0 Å². The lowest BCUT2D eigenvalue weighted by atomic mass is 9.87. The Labute approximate surface area is 195 Å². The number of halogens is 1. The van der Waals surface area contributed by atoms with Crippen molar-refractivity contribution in [1.29, 1.82) is 0 Å². The number of thioether (sulfide) groups is 1. The van der Waals surface area contributed by atoms with Crippen molar-refractivity contribution in [2.45, 2.75) is 43.5 Å². The van der Waals surface area contributed by atoms with E-state index in [1.807, 2.05) is 23.7 Å². The maximum absolute atomic E-state index is 12.6. The first-order valence-corrected chi connectivity index (χ1v) is 11.1. The summed E-state index contributed by atoms with van der Waals surface area (Å²) in [7, 11) is 1.85. The smallest absolute Gasteiger partial charge is 0.271 e. The molecule has 1 unspecified atom stereocenters. The molecular formula is C22H24ClN5O3S. The number of carbonyl (C=O) groups is 1. The average molecular weight is 474 g/mol. The number of anilines is 1. The van der Waals surface area contributed by atoms with Gasteiger partial charge >= 0.3 is 0 Å². The zero-order chi connectivity index (χ0) is 23.6. The zero-order valence-corrected chi connectivity index (χ0v) is 20.0. The Morgan fingerprint density at radius 1 is 1.19 bits per heavy atom. The fraction of sp³-hybridized carbons (Fsp3) is 0.318. The van der Waals surface area contributed by atoms with Crippen molar-refractivity contribution in [3.63, 3.8) is 0 Å². The molecule has 0 saturated heterocycles. The van der Waals surface area contributed by atoms with Crippen molar-refractivity contribution in [1.82, 2.24) is 14.8 Å². The molecule has 2 aromatic carbocycles. The van der Waals surface area contributed by atoms with Crippen molar-refractivity contribution in [2.75, 3.05) is 5.32 Å². The lowest BCUT2D eigenvalue weighted by molar-refractivity contribution is -0.384. The molecule has 0 fully saturated rings. The molecule has 3 rings (SSSR count). The standard InChI is InChI=1S/C22H24ClN5O3S/c1-13(20(29)24-18-11-10-16(28(30)31)12-17(18)23)32-21-26-25-19(27(21)5)14-6-8-15(9-7-14)22(2,3)4/h6-13H,1-5H3,(H,24,29). The van der Waals surface area contributed by atoms with Gasteiger partial charge < -0.3 is 9.88 Å². The number of rotatable bonds is 6. The molecular weight excluding hydrogens is 450 g/mol. The van der Waals surface area contributed by atoms with E-state index < -0.39 is 10.2 Å². The van der Waals surface area contributed by atoms with Crippen LogP contribution < -0.4 is 5.32 Å². The molecule has 1 heterocycles. The lowest BCUT2D eigenvalue weighted by Crippen LogP contribution is -2.23. The number of amides is 1. The minimum Gasteiger partial charge on any atom is -0.324 e. The third-order valence-corrected chi connectivity index (χ3v) is 6.36. The van der Waals surface area contributed by atoms with Gasteiger partial charge in [0.15, 0.2) is 11.0 Å². The Balaban J connectivity index is 1.71. The maximum Gasteiger partial charge on any atom is 0.271 e. The molecule has 0 bridgehead atoms. The molecule has 168 valence electrons. The highest BCUT2D eigenvalue weighted by atomic mass is 35.5. The fourth-order valence-electron chi connectivity index (χ4n) is 2.95. The number of hydrogen-bond donors (Lipinski definition) is 1. The number of aromatic nitrogens is 3. The first kappa shape index (κ1) is 23.7. The quantitative estimate of drug-likeness (QED) is 0.289. The summed E-state index contributed by atoms with van der Waals surface area (Å²) >= 11 is 7.33. The molecule has 8 nitrogen and oxygen atoms in total. The second kappa shape index (κ2) is 9.30. The lowest BCUT2D eigenvalue weighted by Gasteiger charge is -2.19. The number of non-ortho nitro benzene ring substituents is 1. The van der Waals surface area contributed by atoms with Gasteiger partial charge in [-0.1, -0.05) is 68.4 Å². The average Bonchev–Trinajstić information content (AvgIpc) is 3.08. The molecule has 32 heavy (non-hydrogen) atoms. The maximum atomic E-state index is 12.6. The molecule has 0 aliphatic carbocycles. The van der Waals surface area contributed by atoms with E-state index in [9.17, 15) is 14.9 Å². The van der Waals surface area contributed by atoms with Crippen LogP contribution in [-0.2, 0) is 17.3 Å². The minimum absolute atomic E-state index is 0.0643. The predicted molar refractivity (Wildman–Crippen MR) is 127 cm³/mol. The van der Waals surface area contributed by atoms with E-state index in [0.717, 1.165) is 5.56 Å². The SMILES string of the molecule is CC(Sc1nnc(-c2ccc(C(C)(C)C)cc2)n1C)C(=O)Nc1ccc([N+](=O)[O-])cc1Cl. The number of hydrogen-bond acceptors (Lipinski definition) is 6. The van der Waals surface area contributed by atoms with Gasteiger partial charge in [-0.2, -0.15) is 0 Å². The van der Waals surface area contributed by atoms with E-state index in [2.05, 4.69) is 48.4 Å². The fourth-order valence-corrected chi connectivity index (χ4v) is 3.99. The van der Waals surface area contributed by atoms with Crippen LogP contribution in [0.25, 0.3) is 11.4 Å². The summed E-state index contributed by atoms with van der Waals surface area (Å²) in [5.74, 6) is 0.406. The highest BCUT2D eigenvalue weighted by molar-refractivity contribution is 8.00. The largest absolute Gasteiger partial charge is 0.324 e. The highest BCUT2D eigenvalue weighted by Crippen LogP contribution is 2.30. The first-order valence-electron chi connectivity index (χ1n) is 9.89. The summed E-state index contributed by atoms with van der Waals surface area (Å²) in [6.07, 6.45) is 0. The predicted octanol–water partition coefficient (Wildman–Crippen LogP) is 5.46. The molecule has 1 atom stereocenters. The summed E-state index contributed by atoms with van der Waals surface area (Å²) in [4.78, 5) is 22.9. The van der Waals surface area contributed by atoms with E-state index in [1.165, 1.54) is 35.5 Å². The van der Waals surface area contributed by atoms with Gasteiger partial charge in [-0.05, 0) is 24.0 Å². The summed E-state index contributed by atoms with van der Waals surface area (Å²) in [5.41, 5.74) is 2.40. The number of benzene rings is 2. The van der Waals surface area contributed by atoms with Crippen LogP contribution in [0.4, 0.5) is 11.4 Å². The molecule has 1 aromatic heterocycles. The number of nitrogens with one attached hydrogen (secondary N) is 1. The highest BCUT2D eigenvalue weighted by Gasteiger charge is 2.21. The van der Waals surface area contributed by atoms with Crippen molar-refractivity contribution in [3.8, 4) is 11.4 Å². The van der Waals surface area contributed by atoms with Gasteiger partial charge in [0.1, 0.15) is 0 Å². The van der Waals surface area contributed by atoms with Crippen molar-refractivity contribution in [3.05, 3.63) is 63.2 Å². The van der Waals surface area contributed by atoms with Crippen LogP contribution in [0.15, 0.2) is 47.6 Å². The van der Waals surface area contributed by atoms with Gasteiger partial charge in [-0.15, -0.1) is 10.2 Å². The van der Waals surface area contributed by atoms with Gasteiger partial charge in [0.05, 0.1) is 20.9 Å². The molecule has 0 spiro atoms. The number of nitro groups is 1. The summed E-state index contributed by atoms with van der Waals surface area (Å²) in [6.45, 7) is 8.23. The zero-order valence-electron chi connectivity index (χ0n) is 18.4. The van der Waals surface area contributed by atoms with Gasteiger partial charge in [0.2, 0.25) is 5.91 Å². The van der Waals surface area contributed by atoms with Crippen molar-refractivity contribution >= 4 is 40.6 Å². The minimum atomic E-state index is -0.543. The summed E-state index contributed by atoms with van der Waals surface area (Å²) in [5, 5.41) is 22.3. The van der Waals surface area contributed by atoms with Gasteiger partial charge in [-0.3, -0.25) is 14.9 Å². The van der Waals surface area contributed by atoms with E-state index in [-0.39, 0.29) is 22.0 Å². The summed E-state index contributed by atoms with van der Waals surface area (Å²) < 4.78 is 1.85. The van der Waals surface area contributed by atoms with Crippen molar-refractivity contribution < 1.29 is 9.72 Å². The molecule has 0 aliphatic rings. The van der Waals surface area contributed by atoms with Crippen LogP contribution in [0.1, 0.15) is 33.3 Å². The Morgan fingerprint density at radius 3 is 2.41 bits per heavy atom. The van der Waals surface area contributed by atoms with Crippen LogP contribution in [0.2, 0.25) is 5.02 Å². The Hall–Kier alpha value is -2.91. The molecule has 0 saturated carbocycles. The molecule has 1 N–H and O–H groups in total. The Kier molecular flexibility index (Phi) is 6.90. The van der Waals surface area contributed by atoms with Crippen LogP contribution >= 0.6 is 23.4 Å². The Bertz CT molecular complexity index is 1160. The Morgan fingerprint density at radius 2 is 1.84 bits per heavy atom. The second-order valence-corrected chi connectivity index (χ2v) is 10.1. The van der Waals surface area contributed by atoms with E-state index >= 15 is 0 Å². The van der Waals surface area contributed by atoms with Crippen molar-refractivity contribution in [2.24, 2.45) is 7.05 Å². The van der Waals surface area contributed by atoms with Gasteiger partial charge in [0.25, 0.3) is 5.69 Å². The first-order chi connectivity index (χ1) is 15.0. The van der Waals surface area contributed by atoms with E-state index in [1.54, 1.807) is 6.92 Å². The van der Waals surface area contributed by atoms with Crippen LogP contribution in [0.3, 0.4) is 0 Å². The molecule has 1 amide bonds. The van der Waals surface area contributed by atoms with E-state index in [0.29, 0.717) is 16.7 Å². The number of nitro benzene ring substituents is 1. The third-order valence-electron chi connectivity index (χ3n) is 4.92. The molecule has 3 aromatic rings. The second-order valence-electron chi connectivity index (χ2n) is 8.36. The molecule has 10 heteroatoms. The third kappa shape index (κ3) is 5.28. The van der Waals surface area contributed by atoms with Gasteiger partial charge in [0, 0.05) is 24.7 Å². The summed E-state index contributed by atoms with van der Waals surface area (Å²) in [6, 6.07) is 12.1. The topological polar surface area (TPSA) is 103 Å². The van der Waals surface area contributed by atoms with Crippen LogP contribution in [-0.4, -0.2) is 30.8 Å². The van der Waals surface area contributed by atoms with Gasteiger partial charge in [-0.25, -0.2) is 0 Å². The van der Waals surface area contributed by atoms with E-state index in [4.69, 9.17) is 11.6 Å². The number of carbonyl (C=O) groups excluding carboxylic acids is 1. The molecule has 0 aliphatic heterocycles. The number of nitrogens with zero attached hydrogens (tertiary/aromatic N) is 4. The normalized spacial score (nSPS) is 12.4. The van der Waals surface area contributed by atoms with Crippen LogP contribution in [0, 0.1) is 10.1 Å². The monoisotopic (exact) mass is 473 g/mol.